The molecule has 34 heavy (non-hydrogen) atoms. The number of nitrogens with zero attached hydrogens (tertiary/aromatic N) is 5. The third-order valence-electron chi connectivity index (χ3n) is 7.57. The summed E-state index contributed by atoms with van der Waals surface area (Å²) >= 11 is 0. The molecule has 0 spiro atoms. The number of rotatable bonds is 5. The minimum absolute atomic E-state index is 0.0565. The summed E-state index contributed by atoms with van der Waals surface area (Å²) in [4.78, 5) is 4.89. The third kappa shape index (κ3) is 3.77. The van der Waals surface area contributed by atoms with Crippen molar-refractivity contribution in [2.75, 3.05) is 0 Å². The lowest BCUT2D eigenvalue weighted by Crippen LogP contribution is -2.45. The average molecular weight is 463 g/mol. The van der Waals surface area contributed by atoms with Crippen molar-refractivity contribution in [3.05, 3.63) is 42.3 Å². The Morgan fingerprint density at radius 1 is 1.15 bits per heavy atom. The Labute approximate surface area is 199 Å². The molecule has 0 saturated heterocycles. The van der Waals surface area contributed by atoms with Gasteiger partial charge in [-0.1, -0.05) is 5.16 Å². The second-order valence-corrected chi connectivity index (χ2v) is 10.1. The van der Waals surface area contributed by atoms with Crippen LogP contribution in [-0.4, -0.2) is 46.1 Å². The van der Waals surface area contributed by atoms with E-state index in [-0.39, 0.29) is 24.1 Å². The van der Waals surface area contributed by atoms with Crippen LogP contribution in [0.25, 0.3) is 33.3 Å². The van der Waals surface area contributed by atoms with Gasteiger partial charge in [0.15, 0.2) is 0 Å². The Kier molecular flexibility index (Phi) is 5.45. The van der Waals surface area contributed by atoms with Crippen LogP contribution in [0, 0.1) is 19.8 Å². The lowest BCUT2D eigenvalue weighted by molar-refractivity contribution is -0.0498. The molecule has 0 amide bonds. The zero-order valence-corrected chi connectivity index (χ0v) is 20.4. The van der Waals surface area contributed by atoms with Crippen LogP contribution in [0.3, 0.4) is 0 Å². The summed E-state index contributed by atoms with van der Waals surface area (Å²) in [7, 11) is 4.31. The van der Waals surface area contributed by atoms with Crippen LogP contribution in [0.1, 0.15) is 44.1 Å². The smallest absolute Gasteiger partial charge is 0.248 e. The average Bonchev–Trinajstić information content (AvgIpc) is 3.50. The molecule has 6 nitrogen and oxygen atoms in total. The number of aromatic nitrogens is 5. The summed E-state index contributed by atoms with van der Waals surface area (Å²) in [5, 5.41) is 8.19. The van der Waals surface area contributed by atoms with E-state index in [2.05, 4.69) is 49.7 Å². The standard InChI is InChI=1S/C24H29B2F2N5O/c1-4-32-12-17(11-30-32)19-13-33(24(25,26)18-5-7-23(27,28)8-6-18)20-9-16(10-29-22(19)20)21-14(2)31-34-15(21)3/h9-13,18H,4-8,25-26H2,1-3H3. The molecule has 0 bridgehead atoms. The van der Waals surface area contributed by atoms with Crippen molar-refractivity contribution in [2.45, 2.75) is 64.3 Å². The summed E-state index contributed by atoms with van der Waals surface area (Å²) in [6.45, 7) is 6.65. The van der Waals surface area contributed by atoms with Crippen molar-refractivity contribution in [3.8, 4) is 22.3 Å². The molecule has 0 aromatic carbocycles. The summed E-state index contributed by atoms with van der Waals surface area (Å²) in [6, 6.07) is 2.13. The third-order valence-corrected chi connectivity index (χ3v) is 7.57. The predicted molar refractivity (Wildman–Crippen MR) is 134 cm³/mol. The normalized spacial score (nSPS) is 17.0. The van der Waals surface area contributed by atoms with E-state index >= 15 is 0 Å². The highest BCUT2D eigenvalue weighted by Gasteiger charge is 2.41. The monoisotopic (exact) mass is 463 g/mol. The van der Waals surface area contributed by atoms with Gasteiger partial charge in [0.2, 0.25) is 5.92 Å². The molecule has 4 aromatic heterocycles. The number of pyridine rings is 1. The molecular weight excluding hydrogens is 434 g/mol. The van der Waals surface area contributed by atoms with Crippen LogP contribution in [0.4, 0.5) is 8.78 Å². The summed E-state index contributed by atoms with van der Waals surface area (Å²) in [6.07, 6.45) is 8.76. The van der Waals surface area contributed by atoms with Crippen molar-refractivity contribution < 1.29 is 13.3 Å². The van der Waals surface area contributed by atoms with E-state index in [1.54, 1.807) is 0 Å². The maximum Gasteiger partial charge on any atom is 0.248 e. The molecule has 1 fully saturated rings. The summed E-state index contributed by atoms with van der Waals surface area (Å²) < 4.78 is 37.4. The van der Waals surface area contributed by atoms with E-state index < -0.39 is 5.92 Å². The zero-order chi connectivity index (χ0) is 24.3. The van der Waals surface area contributed by atoms with Gasteiger partial charge in [-0.05, 0) is 50.9 Å². The van der Waals surface area contributed by atoms with Gasteiger partial charge in [0.1, 0.15) is 21.5 Å². The Balaban J connectivity index is 1.68. The first-order valence-corrected chi connectivity index (χ1v) is 12.0. The molecule has 0 aliphatic heterocycles. The molecule has 10 heteroatoms. The van der Waals surface area contributed by atoms with Crippen molar-refractivity contribution in [1.29, 1.82) is 0 Å². The van der Waals surface area contributed by atoms with Crippen LogP contribution >= 0.6 is 0 Å². The highest BCUT2D eigenvalue weighted by Crippen LogP contribution is 2.43. The molecule has 4 aromatic rings. The molecule has 1 saturated carbocycles. The molecule has 1 aliphatic carbocycles. The molecule has 0 atom stereocenters. The van der Waals surface area contributed by atoms with Crippen molar-refractivity contribution in [3.63, 3.8) is 0 Å². The fraction of sp³-hybridized carbons (Fsp3) is 0.458. The Morgan fingerprint density at radius 2 is 1.88 bits per heavy atom. The molecule has 0 radical (unpaired) electrons. The first-order chi connectivity index (χ1) is 16.1. The Hall–Kier alpha value is -2.90. The minimum atomic E-state index is -2.55. The Bertz CT molecular complexity index is 1330. The number of fused-ring (bicyclic) bond motifs is 1. The lowest BCUT2D eigenvalue weighted by Gasteiger charge is -2.41. The number of hydrogen-bond acceptors (Lipinski definition) is 4. The van der Waals surface area contributed by atoms with Crippen molar-refractivity contribution in [1.82, 2.24) is 24.5 Å². The van der Waals surface area contributed by atoms with Gasteiger partial charge < -0.3 is 9.09 Å². The van der Waals surface area contributed by atoms with Crippen LogP contribution < -0.4 is 0 Å². The maximum atomic E-state index is 13.9. The Morgan fingerprint density at radius 3 is 2.50 bits per heavy atom. The van der Waals surface area contributed by atoms with Crippen LogP contribution in [-0.2, 0) is 11.9 Å². The van der Waals surface area contributed by atoms with Crippen LogP contribution in [0.5, 0.6) is 0 Å². The van der Waals surface area contributed by atoms with Crippen LogP contribution in [0.2, 0.25) is 0 Å². The maximum absolute atomic E-state index is 13.9. The number of halogens is 2. The van der Waals surface area contributed by atoms with Crippen molar-refractivity contribution in [2.24, 2.45) is 5.92 Å². The number of hydrogen-bond donors (Lipinski definition) is 0. The van der Waals surface area contributed by atoms with E-state index in [1.165, 1.54) is 0 Å². The van der Waals surface area contributed by atoms with Gasteiger partial charge >= 0.3 is 0 Å². The number of alkyl halides is 2. The van der Waals surface area contributed by atoms with Crippen LogP contribution in [0.15, 0.2) is 35.4 Å². The van der Waals surface area contributed by atoms with E-state index in [9.17, 15) is 8.78 Å². The second-order valence-electron chi connectivity index (χ2n) is 10.1. The summed E-state index contributed by atoms with van der Waals surface area (Å²) in [5.74, 6) is -1.67. The number of aryl methyl sites for hydroxylation is 3. The van der Waals surface area contributed by atoms with Gasteiger partial charge in [-0.2, -0.15) is 5.10 Å². The quantitative estimate of drug-likeness (QED) is 0.422. The van der Waals surface area contributed by atoms with Gasteiger partial charge in [0.05, 0.1) is 22.9 Å². The first kappa shape index (κ1) is 22.9. The van der Waals surface area contributed by atoms with E-state index in [4.69, 9.17) is 9.51 Å². The van der Waals surface area contributed by atoms with Gasteiger partial charge in [-0.25, -0.2) is 8.78 Å². The topological polar surface area (TPSA) is 61.7 Å². The zero-order valence-electron chi connectivity index (χ0n) is 20.4. The molecule has 4 heterocycles. The largest absolute Gasteiger partial charge is 0.361 e. The van der Waals surface area contributed by atoms with Crippen molar-refractivity contribution >= 4 is 26.7 Å². The fourth-order valence-corrected chi connectivity index (χ4v) is 5.44. The first-order valence-electron chi connectivity index (χ1n) is 12.0. The molecule has 5 rings (SSSR count). The molecule has 1 aliphatic rings. The highest BCUT2D eigenvalue weighted by molar-refractivity contribution is 6.38. The van der Waals surface area contributed by atoms with Gasteiger partial charge in [-0.15, -0.1) is 0 Å². The van der Waals surface area contributed by atoms with Gasteiger partial charge in [0, 0.05) is 60.2 Å². The fourth-order valence-electron chi connectivity index (χ4n) is 5.44. The summed E-state index contributed by atoms with van der Waals surface area (Å²) in [5.41, 5.74) is 6.53. The predicted octanol–water partition coefficient (Wildman–Crippen LogP) is 3.89. The molecule has 176 valence electrons. The molecule has 0 N–H and O–H groups in total. The van der Waals surface area contributed by atoms with E-state index in [1.807, 2.05) is 37.1 Å². The van der Waals surface area contributed by atoms with Gasteiger partial charge in [0.25, 0.3) is 0 Å². The second kappa shape index (κ2) is 8.10. The lowest BCUT2D eigenvalue weighted by atomic mass is 9.52. The van der Waals surface area contributed by atoms with E-state index in [0.717, 1.165) is 51.3 Å². The molecular formula is C24H29B2F2N5O. The molecule has 0 unspecified atom stereocenters. The minimum Gasteiger partial charge on any atom is -0.361 e. The van der Waals surface area contributed by atoms with E-state index in [0.29, 0.717) is 12.8 Å². The highest BCUT2D eigenvalue weighted by atomic mass is 19.3. The van der Waals surface area contributed by atoms with Gasteiger partial charge in [-0.3, -0.25) is 9.67 Å². The SMILES string of the molecule is BC(B)(C1CCC(F)(F)CC1)n1cc(-c2cnn(CC)c2)c2ncc(-c3c(C)noc3C)cc21.